The molecule has 4 nitrogen and oxygen atoms in total. The van der Waals surface area contributed by atoms with Gasteiger partial charge in [0.05, 0.1) is 12.2 Å². The average molecular weight is 857 g/mol. The third-order valence-corrected chi connectivity index (χ3v) is 13.3. The predicted molar refractivity (Wildman–Crippen MR) is 276 cm³/mol. The van der Waals surface area contributed by atoms with E-state index in [1.165, 1.54) is 72.4 Å². The van der Waals surface area contributed by atoms with Crippen molar-refractivity contribution in [3.63, 3.8) is 0 Å². The van der Waals surface area contributed by atoms with Gasteiger partial charge in [-0.1, -0.05) is 169 Å². The van der Waals surface area contributed by atoms with Gasteiger partial charge in [0.15, 0.2) is 0 Å². The fourth-order valence-corrected chi connectivity index (χ4v) is 9.75. The molecule has 0 saturated heterocycles. The van der Waals surface area contributed by atoms with Crippen LogP contribution in [0.25, 0.3) is 44.5 Å². The van der Waals surface area contributed by atoms with E-state index < -0.39 is 0 Å². The normalized spacial score (nSPS) is 15.8. The van der Waals surface area contributed by atoms with E-state index in [0.717, 1.165) is 60.1 Å². The van der Waals surface area contributed by atoms with Crippen molar-refractivity contribution in [3.05, 3.63) is 262 Å². The first kappa shape index (κ1) is 42.6. The Balaban J connectivity index is 0.863. The highest BCUT2D eigenvalue weighted by Crippen LogP contribution is 2.38. The fourth-order valence-electron chi connectivity index (χ4n) is 9.75. The molecule has 4 heteroatoms. The Morgan fingerprint density at radius 3 is 1.73 bits per heavy atom. The standard InChI is InChI=1S/C62H56N4/c1-42-16-8-10-30-58(42)60(54-28-14-26-50(39-54)48-24-12-22-46(37-48)44-17-4-2-5-18-44)66-62(64)56-33-32-52-34-43(36-57(52)41-56)35-53-21-9-11-31-59(53)65-61(63)55-29-15-27-51(40-55)49-25-13-23-47(38-49)45-19-6-3-7-20-45/h2-9,11-29,31,34,37-41,60-62,65-66H,10,30,32-33,35,63-64H2,1H3. The van der Waals surface area contributed by atoms with E-state index in [0.29, 0.717) is 0 Å². The first-order valence-corrected chi connectivity index (χ1v) is 23.3. The molecule has 3 aliphatic carbocycles. The van der Waals surface area contributed by atoms with Gasteiger partial charge in [0.1, 0.15) is 6.17 Å². The highest BCUT2D eigenvalue weighted by Gasteiger charge is 2.26. The highest BCUT2D eigenvalue weighted by molar-refractivity contribution is 5.75. The van der Waals surface area contributed by atoms with Gasteiger partial charge < -0.3 is 16.8 Å². The number of allylic oxidation sites excluding steroid dienone is 7. The van der Waals surface area contributed by atoms with Crippen LogP contribution in [-0.2, 0) is 6.42 Å². The van der Waals surface area contributed by atoms with Crippen molar-refractivity contribution >= 4 is 5.69 Å². The maximum Gasteiger partial charge on any atom is 0.101 e. The molecule has 0 spiro atoms. The van der Waals surface area contributed by atoms with E-state index in [1.54, 1.807) is 0 Å². The summed E-state index contributed by atoms with van der Waals surface area (Å²) >= 11 is 0. The van der Waals surface area contributed by atoms with Gasteiger partial charge >= 0.3 is 0 Å². The predicted octanol–water partition coefficient (Wildman–Crippen LogP) is 14.4. The van der Waals surface area contributed by atoms with Gasteiger partial charge in [-0.3, -0.25) is 5.32 Å². The van der Waals surface area contributed by atoms with E-state index in [4.69, 9.17) is 11.5 Å². The SMILES string of the molecule is CC1=C(C(NC(N)C2=CC3=C=C(Cc4ccccc4NC(N)c4cccc(-c5cccc(-c6ccccc6)c5)c4)C=C3CC2)c2cccc(-c3cccc(-c4ccccc4)c3)c2)CCC=C1. The summed E-state index contributed by atoms with van der Waals surface area (Å²) in [6.45, 7) is 2.23. The number of para-hydroxylation sites is 1. The van der Waals surface area contributed by atoms with Gasteiger partial charge in [-0.05, 0) is 159 Å². The number of fused-ring (bicyclic) bond motifs is 1. The average Bonchev–Trinajstić information content (AvgIpc) is 3.79. The molecule has 3 atom stereocenters. The van der Waals surface area contributed by atoms with E-state index in [2.05, 4.69) is 230 Å². The molecule has 0 bridgehead atoms. The van der Waals surface area contributed by atoms with Crippen LogP contribution >= 0.6 is 0 Å². The quantitative estimate of drug-likeness (QED) is 0.0649. The van der Waals surface area contributed by atoms with Gasteiger partial charge in [0, 0.05) is 17.7 Å². The molecular weight excluding hydrogens is 801 g/mol. The molecule has 0 heterocycles. The minimum Gasteiger partial charge on any atom is -0.366 e. The molecule has 66 heavy (non-hydrogen) atoms. The summed E-state index contributed by atoms with van der Waals surface area (Å²) < 4.78 is 0. The Kier molecular flexibility index (Phi) is 12.6. The van der Waals surface area contributed by atoms with Crippen LogP contribution in [0.3, 0.4) is 0 Å². The molecule has 3 aliphatic rings. The van der Waals surface area contributed by atoms with Gasteiger partial charge in [-0.2, -0.15) is 0 Å². The third kappa shape index (κ3) is 9.55. The fraction of sp³-hybridized carbons (Fsp3) is 0.145. The Morgan fingerprint density at radius 2 is 1.08 bits per heavy atom. The third-order valence-electron chi connectivity index (χ3n) is 13.3. The molecule has 0 aromatic heterocycles. The molecule has 6 N–H and O–H groups in total. The lowest BCUT2D eigenvalue weighted by Crippen LogP contribution is -2.42. The lowest BCUT2D eigenvalue weighted by Gasteiger charge is -2.31. The van der Waals surface area contributed by atoms with Crippen LogP contribution in [-0.4, -0.2) is 6.17 Å². The summed E-state index contributed by atoms with van der Waals surface area (Å²) in [6.07, 6.45) is 13.1. The van der Waals surface area contributed by atoms with Crippen molar-refractivity contribution in [2.75, 3.05) is 5.32 Å². The van der Waals surface area contributed by atoms with Crippen molar-refractivity contribution in [1.29, 1.82) is 0 Å². The summed E-state index contributed by atoms with van der Waals surface area (Å²) in [6, 6.07) is 64.7. The minimum absolute atomic E-state index is 0.0209. The zero-order chi connectivity index (χ0) is 44.8. The van der Waals surface area contributed by atoms with Crippen LogP contribution in [0.4, 0.5) is 5.69 Å². The van der Waals surface area contributed by atoms with Gasteiger partial charge in [0.25, 0.3) is 0 Å². The van der Waals surface area contributed by atoms with Crippen LogP contribution in [0.15, 0.2) is 245 Å². The van der Waals surface area contributed by atoms with Crippen LogP contribution < -0.4 is 22.1 Å². The lowest BCUT2D eigenvalue weighted by molar-refractivity contribution is 0.497. The van der Waals surface area contributed by atoms with Crippen molar-refractivity contribution in [2.24, 2.45) is 11.5 Å². The zero-order valence-corrected chi connectivity index (χ0v) is 37.6. The highest BCUT2D eigenvalue weighted by atomic mass is 15.1. The molecule has 7 aromatic rings. The Bertz CT molecular complexity index is 3090. The van der Waals surface area contributed by atoms with Gasteiger partial charge in [-0.15, -0.1) is 5.73 Å². The number of nitrogens with two attached hydrogens (primary N) is 2. The second kappa shape index (κ2) is 19.4. The minimum atomic E-state index is -0.388. The Hall–Kier alpha value is -7.30. The molecule has 10 rings (SSSR count). The van der Waals surface area contributed by atoms with Crippen LogP contribution in [0, 0.1) is 0 Å². The number of hydrogen-bond acceptors (Lipinski definition) is 4. The molecule has 7 aromatic carbocycles. The summed E-state index contributed by atoms with van der Waals surface area (Å²) in [4.78, 5) is 0. The number of rotatable bonds is 14. The van der Waals surface area contributed by atoms with Crippen LogP contribution in [0.5, 0.6) is 0 Å². The first-order valence-electron chi connectivity index (χ1n) is 23.3. The smallest absolute Gasteiger partial charge is 0.101 e. The molecule has 324 valence electrons. The van der Waals surface area contributed by atoms with E-state index in [9.17, 15) is 0 Å². The maximum atomic E-state index is 7.19. The van der Waals surface area contributed by atoms with Crippen LogP contribution in [0.2, 0.25) is 0 Å². The molecule has 3 unspecified atom stereocenters. The molecule has 0 fully saturated rings. The molecule has 0 aliphatic heterocycles. The summed E-state index contributed by atoms with van der Waals surface area (Å²) in [5.41, 5.74) is 39.4. The van der Waals surface area contributed by atoms with Crippen molar-refractivity contribution in [1.82, 2.24) is 5.32 Å². The number of anilines is 1. The van der Waals surface area contributed by atoms with Gasteiger partial charge in [-0.25, -0.2) is 0 Å². The van der Waals surface area contributed by atoms with Crippen LogP contribution in [0.1, 0.15) is 61.5 Å². The van der Waals surface area contributed by atoms with E-state index in [1.807, 2.05) is 0 Å². The summed E-state index contributed by atoms with van der Waals surface area (Å²) in [5.74, 6) is 0. The van der Waals surface area contributed by atoms with E-state index >= 15 is 0 Å². The first-order chi connectivity index (χ1) is 32.4. The lowest BCUT2D eigenvalue weighted by atomic mass is 9.86. The zero-order valence-electron chi connectivity index (χ0n) is 37.6. The Morgan fingerprint density at radius 1 is 0.530 bits per heavy atom. The summed E-state index contributed by atoms with van der Waals surface area (Å²) in [5, 5.41) is 7.59. The summed E-state index contributed by atoms with van der Waals surface area (Å²) in [7, 11) is 0. The van der Waals surface area contributed by atoms with E-state index in [-0.39, 0.29) is 18.4 Å². The molecule has 0 amide bonds. The maximum absolute atomic E-state index is 7.19. The number of hydrogen-bond donors (Lipinski definition) is 4. The van der Waals surface area contributed by atoms with Crippen molar-refractivity contribution in [2.45, 2.75) is 57.4 Å². The van der Waals surface area contributed by atoms with Gasteiger partial charge in [0.2, 0.25) is 0 Å². The second-order valence-corrected chi connectivity index (χ2v) is 17.8. The molecule has 0 saturated carbocycles. The number of benzene rings is 7. The largest absolute Gasteiger partial charge is 0.366 e. The monoisotopic (exact) mass is 856 g/mol. The van der Waals surface area contributed by atoms with Crippen molar-refractivity contribution in [3.8, 4) is 44.5 Å². The molecule has 0 radical (unpaired) electrons. The van der Waals surface area contributed by atoms with Crippen molar-refractivity contribution < 1.29 is 0 Å². The number of nitrogens with one attached hydrogen (secondary N) is 2. The Labute approximate surface area is 390 Å². The second-order valence-electron chi connectivity index (χ2n) is 17.8. The topological polar surface area (TPSA) is 76.1 Å². The molecular formula is C62H56N4.